The zero-order valence-corrected chi connectivity index (χ0v) is 14.7. The van der Waals surface area contributed by atoms with Crippen LogP contribution >= 0.6 is 0 Å². The molecular weight excluding hydrogens is 332 g/mol. The van der Waals surface area contributed by atoms with Crippen molar-refractivity contribution in [2.45, 2.75) is 19.8 Å². The van der Waals surface area contributed by atoms with Gasteiger partial charge in [0.25, 0.3) is 5.91 Å². The number of esters is 1. The normalized spacial score (nSPS) is 10.5. The molecule has 136 valence electrons. The number of rotatable bonds is 9. The Balaban J connectivity index is 1.70. The highest BCUT2D eigenvalue weighted by Gasteiger charge is 2.07. The molecule has 0 unspecified atom stereocenters. The van der Waals surface area contributed by atoms with E-state index in [1.54, 1.807) is 30.5 Å². The van der Waals surface area contributed by atoms with E-state index in [4.69, 9.17) is 9.47 Å². The maximum atomic E-state index is 11.7. The fourth-order valence-corrected chi connectivity index (χ4v) is 2.03. The number of nitrogens with one attached hydrogen (secondary N) is 1. The lowest BCUT2D eigenvalue weighted by Gasteiger charge is -2.06. The van der Waals surface area contributed by atoms with E-state index in [0.717, 1.165) is 12.0 Å². The molecule has 0 heterocycles. The van der Waals surface area contributed by atoms with Crippen LogP contribution in [0.3, 0.4) is 0 Å². The molecular formula is C20H22N2O4. The molecule has 6 nitrogen and oxygen atoms in total. The van der Waals surface area contributed by atoms with Gasteiger partial charge in [-0.2, -0.15) is 5.10 Å². The number of carbonyl (C=O) groups is 2. The molecule has 1 N–H and O–H groups in total. The van der Waals surface area contributed by atoms with Crippen LogP contribution < -0.4 is 10.2 Å². The highest BCUT2D eigenvalue weighted by Crippen LogP contribution is 2.13. The Morgan fingerprint density at radius 1 is 1.08 bits per heavy atom. The molecule has 6 heteroatoms. The van der Waals surface area contributed by atoms with Crippen LogP contribution in [0, 0.1) is 0 Å². The van der Waals surface area contributed by atoms with E-state index >= 15 is 0 Å². The molecule has 0 aliphatic rings. The first-order chi connectivity index (χ1) is 12.7. The highest BCUT2D eigenvalue weighted by atomic mass is 16.5. The molecule has 0 atom stereocenters. The van der Waals surface area contributed by atoms with Crippen LogP contribution in [-0.2, 0) is 16.0 Å². The topological polar surface area (TPSA) is 77.0 Å². The lowest BCUT2D eigenvalue weighted by atomic mass is 10.2. The van der Waals surface area contributed by atoms with E-state index in [0.29, 0.717) is 24.3 Å². The highest BCUT2D eigenvalue weighted by molar-refractivity contribution is 5.89. The van der Waals surface area contributed by atoms with Crippen molar-refractivity contribution >= 4 is 18.1 Å². The van der Waals surface area contributed by atoms with Crippen molar-refractivity contribution < 1.29 is 19.1 Å². The summed E-state index contributed by atoms with van der Waals surface area (Å²) in [7, 11) is 0. The molecule has 0 saturated carbocycles. The van der Waals surface area contributed by atoms with Gasteiger partial charge in [-0.1, -0.05) is 37.3 Å². The van der Waals surface area contributed by atoms with Crippen LogP contribution in [0.5, 0.6) is 5.75 Å². The first-order valence-corrected chi connectivity index (χ1v) is 8.43. The largest absolute Gasteiger partial charge is 0.484 e. The molecule has 1 amide bonds. The Hall–Kier alpha value is -3.15. The van der Waals surface area contributed by atoms with Crippen LogP contribution in [0.15, 0.2) is 59.7 Å². The van der Waals surface area contributed by atoms with Crippen LogP contribution in [0.25, 0.3) is 0 Å². The molecule has 0 saturated heterocycles. The fourth-order valence-electron chi connectivity index (χ4n) is 2.03. The minimum atomic E-state index is -0.371. The SMILES string of the molecule is CCCOC(=O)c1ccc(OCC(=O)NN=CCc2ccccc2)cc1. The van der Waals surface area contributed by atoms with E-state index in [-0.39, 0.29) is 18.5 Å². The zero-order chi connectivity index (χ0) is 18.6. The summed E-state index contributed by atoms with van der Waals surface area (Å²) >= 11 is 0. The van der Waals surface area contributed by atoms with Crippen molar-refractivity contribution in [3.05, 3.63) is 65.7 Å². The summed E-state index contributed by atoms with van der Waals surface area (Å²) in [6.45, 7) is 2.16. The summed E-state index contributed by atoms with van der Waals surface area (Å²) in [4.78, 5) is 23.4. The molecule has 2 aromatic carbocycles. The predicted molar refractivity (Wildman–Crippen MR) is 99.3 cm³/mol. The molecule has 2 rings (SSSR count). The summed E-state index contributed by atoms with van der Waals surface area (Å²) in [6, 6.07) is 16.3. The average Bonchev–Trinajstić information content (AvgIpc) is 2.69. The third kappa shape index (κ3) is 6.76. The lowest BCUT2D eigenvalue weighted by Crippen LogP contribution is -2.24. The van der Waals surface area contributed by atoms with Crippen molar-refractivity contribution in [3.8, 4) is 5.75 Å². The maximum Gasteiger partial charge on any atom is 0.338 e. The molecule has 0 aliphatic heterocycles. The molecule has 0 fully saturated rings. The lowest BCUT2D eigenvalue weighted by molar-refractivity contribution is -0.123. The van der Waals surface area contributed by atoms with Gasteiger partial charge in [-0.25, -0.2) is 10.2 Å². The molecule has 0 spiro atoms. The van der Waals surface area contributed by atoms with Crippen molar-refractivity contribution in [3.63, 3.8) is 0 Å². The van der Waals surface area contributed by atoms with Gasteiger partial charge in [0, 0.05) is 12.6 Å². The van der Waals surface area contributed by atoms with E-state index in [2.05, 4.69) is 10.5 Å². The van der Waals surface area contributed by atoms with Gasteiger partial charge in [0.05, 0.1) is 12.2 Å². The maximum absolute atomic E-state index is 11.7. The zero-order valence-electron chi connectivity index (χ0n) is 14.7. The number of carbonyl (C=O) groups excluding carboxylic acids is 2. The van der Waals surface area contributed by atoms with Crippen LogP contribution in [0.1, 0.15) is 29.3 Å². The summed E-state index contributed by atoms with van der Waals surface area (Å²) in [5.74, 6) is -0.245. The Morgan fingerprint density at radius 2 is 1.81 bits per heavy atom. The summed E-state index contributed by atoms with van der Waals surface area (Å²) < 4.78 is 10.4. The molecule has 0 bridgehead atoms. The molecule has 0 radical (unpaired) electrons. The number of hydrazone groups is 1. The van der Waals surface area contributed by atoms with Crippen molar-refractivity contribution in [1.82, 2.24) is 5.43 Å². The van der Waals surface area contributed by atoms with Crippen LogP contribution in [-0.4, -0.2) is 31.3 Å². The van der Waals surface area contributed by atoms with Gasteiger partial charge in [-0.15, -0.1) is 0 Å². The molecule has 0 aliphatic carbocycles. The van der Waals surface area contributed by atoms with Gasteiger partial charge in [-0.3, -0.25) is 4.79 Å². The second-order valence-corrected chi connectivity index (χ2v) is 5.49. The third-order valence-electron chi connectivity index (χ3n) is 3.35. The number of nitrogens with zero attached hydrogens (tertiary/aromatic N) is 1. The second-order valence-electron chi connectivity index (χ2n) is 5.49. The fraction of sp³-hybridized carbons (Fsp3) is 0.250. The number of ether oxygens (including phenoxy) is 2. The summed E-state index contributed by atoms with van der Waals surface area (Å²) in [5, 5.41) is 3.88. The molecule has 26 heavy (non-hydrogen) atoms. The average molecular weight is 354 g/mol. The van der Waals surface area contributed by atoms with Crippen molar-refractivity contribution in [1.29, 1.82) is 0 Å². The number of hydrogen-bond acceptors (Lipinski definition) is 5. The Labute approximate surface area is 152 Å². The monoisotopic (exact) mass is 354 g/mol. The quantitative estimate of drug-likeness (QED) is 0.427. The molecule has 2 aromatic rings. The minimum absolute atomic E-state index is 0.164. The standard InChI is InChI=1S/C20H22N2O4/c1-2-14-25-20(24)17-8-10-18(11-9-17)26-15-19(23)22-21-13-12-16-6-4-3-5-7-16/h3-11,13H,2,12,14-15H2,1H3,(H,22,23). The van der Waals surface area contributed by atoms with E-state index in [1.807, 2.05) is 37.3 Å². The van der Waals surface area contributed by atoms with Gasteiger partial charge in [0.15, 0.2) is 6.61 Å². The van der Waals surface area contributed by atoms with Crippen molar-refractivity contribution in [2.24, 2.45) is 5.10 Å². The smallest absolute Gasteiger partial charge is 0.338 e. The first kappa shape index (κ1) is 19.2. The van der Waals surface area contributed by atoms with Gasteiger partial charge in [0.1, 0.15) is 5.75 Å². The Morgan fingerprint density at radius 3 is 2.50 bits per heavy atom. The Kier molecular flexibility index (Phi) is 7.86. The molecule has 0 aromatic heterocycles. The third-order valence-corrected chi connectivity index (χ3v) is 3.35. The van der Waals surface area contributed by atoms with Gasteiger partial charge >= 0.3 is 5.97 Å². The number of benzene rings is 2. The van der Waals surface area contributed by atoms with E-state index in [9.17, 15) is 9.59 Å². The summed E-state index contributed by atoms with van der Waals surface area (Å²) in [5.41, 5.74) is 3.96. The van der Waals surface area contributed by atoms with Crippen LogP contribution in [0.4, 0.5) is 0 Å². The van der Waals surface area contributed by atoms with Crippen LogP contribution in [0.2, 0.25) is 0 Å². The van der Waals surface area contributed by atoms with Gasteiger partial charge < -0.3 is 9.47 Å². The number of hydrogen-bond donors (Lipinski definition) is 1. The van der Waals surface area contributed by atoms with Crippen molar-refractivity contribution in [2.75, 3.05) is 13.2 Å². The Bertz CT molecular complexity index is 727. The van der Waals surface area contributed by atoms with E-state index in [1.165, 1.54) is 0 Å². The van der Waals surface area contributed by atoms with E-state index < -0.39 is 0 Å². The predicted octanol–water partition coefficient (Wildman–Crippen LogP) is 2.98. The van der Waals surface area contributed by atoms with Gasteiger partial charge in [0.2, 0.25) is 0 Å². The second kappa shape index (κ2) is 10.7. The first-order valence-electron chi connectivity index (χ1n) is 8.43. The van der Waals surface area contributed by atoms with Gasteiger partial charge in [-0.05, 0) is 36.2 Å². The summed E-state index contributed by atoms with van der Waals surface area (Å²) in [6.07, 6.45) is 3.04. The number of amides is 1. The minimum Gasteiger partial charge on any atom is -0.484 e.